The molecule has 0 saturated heterocycles. The summed E-state index contributed by atoms with van der Waals surface area (Å²) in [5.41, 5.74) is 2.55. The van der Waals surface area contributed by atoms with Gasteiger partial charge < -0.3 is 19.8 Å². The minimum absolute atomic E-state index is 0.244. The first-order chi connectivity index (χ1) is 11.7. The number of rotatable bonds is 5. The summed E-state index contributed by atoms with van der Waals surface area (Å²) >= 11 is 0. The Morgan fingerprint density at radius 2 is 1.96 bits per heavy atom. The molecule has 0 bridgehead atoms. The van der Waals surface area contributed by atoms with Gasteiger partial charge in [0.2, 0.25) is 5.91 Å². The lowest BCUT2D eigenvalue weighted by Crippen LogP contribution is -2.09. The third-order valence-corrected chi connectivity index (χ3v) is 3.70. The van der Waals surface area contributed by atoms with Gasteiger partial charge in [-0.25, -0.2) is 0 Å². The molecule has 24 heavy (non-hydrogen) atoms. The van der Waals surface area contributed by atoms with Crippen molar-refractivity contribution >= 4 is 28.6 Å². The summed E-state index contributed by atoms with van der Waals surface area (Å²) < 4.78 is 10.4. The molecule has 0 spiro atoms. The predicted octanol–water partition coefficient (Wildman–Crippen LogP) is 3.84. The van der Waals surface area contributed by atoms with E-state index in [1.165, 1.54) is 6.08 Å². The molecule has 0 atom stereocenters. The zero-order valence-electron chi connectivity index (χ0n) is 13.5. The number of H-pyrrole nitrogens is 1. The minimum Gasteiger partial charge on any atom is -0.497 e. The maximum atomic E-state index is 12.2. The van der Waals surface area contributed by atoms with E-state index in [-0.39, 0.29) is 5.91 Å². The van der Waals surface area contributed by atoms with E-state index >= 15 is 0 Å². The van der Waals surface area contributed by atoms with Crippen LogP contribution in [0.25, 0.3) is 17.0 Å². The number of aromatic amines is 1. The van der Waals surface area contributed by atoms with Crippen molar-refractivity contribution in [3.05, 3.63) is 60.3 Å². The molecule has 1 amide bonds. The van der Waals surface area contributed by atoms with Crippen LogP contribution >= 0.6 is 0 Å². The van der Waals surface area contributed by atoms with E-state index in [4.69, 9.17) is 9.47 Å². The Labute approximate surface area is 139 Å². The van der Waals surface area contributed by atoms with Gasteiger partial charge in [-0.1, -0.05) is 18.2 Å². The van der Waals surface area contributed by atoms with E-state index in [1.807, 2.05) is 30.5 Å². The van der Waals surface area contributed by atoms with Crippen molar-refractivity contribution in [2.75, 3.05) is 19.5 Å². The van der Waals surface area contributed by atoms with Crippen LogP contribution in [0.4, 0.5) is 5.69 Å². The highest BCUT2D eigenvalue weighted by molar-refractivity contribution is 6.04. The van der Waals surface area contributed by atoms with Crippen LogP contribution in [0, 0.1) is 0 Å². The normalized spacial score (nSPS) is 10.9. The van der Waals surface area contributed by atoms with Gasteiger partial charge >= 0.3 is 0 Å². The Hall–Kier alpha value is -3.21. The molecular formula is C19H18N2O3. The lowest BCUT2D eigenvalue weighted by molar-refractivity contribution is -0.111. The van der Waals surface area contributed by atoms with Crippen LogP contribution in [0.1, 0.15) is 5.56 Å². The number of anilines is 1. The number of para-hydroxylation sites is 1. The van der Waals surface area contributed by atoms with Crippen LogP contribution in [0.5, 0.6) is 11.5 Å². The molecule has 1 aromatic heterocycles. The number of carbonyl (C=O) groups is 1. The number of ether oxygens (including phenoxy) is 2. The first kappa shape index (κ1) is 15.7. The van der Waals surface area contributed by atoms with E-state index < -0.39 is 0 Å². The molecular weight excluding hydrogens is 304 g/mol. The number of carbonyl (C=O) groups excluding carboxylic acids is 1. The Morgan fingerprint density at radius 3 is 2.75 bits per heavy atom. The summed E-state index contributed by atoms with van der Waals surface area (Å²) in [6.07, 6.45) is 5.15. The van der Waals surface area contributed by atoms with E-state index in [0.29, 0.717) is 17.2 Å². The van der Waals surface area contributed by atoms with E-state index in [1.54, 1.807) is 38.5 Å². The van der Waals surface area contributed by atoms with Crippen LogP contribution in [0.2, 0.25) is 0 Å². The van der Waals surface area contributed by atoms with Gasteiger partial charge in [-0.15, -0.1) is 0 Å². The van der Waals surface area contributed by atoms with Crippen molar-refractivity contribution in [1.82, 2.24) is 4.98 Å². The summed E-state index contributed by atoms with van der Waals surface area (Å²) in [5, 5.41) is 3.88. The number of nitrogens with one attached hydrogen (secondary N) is 2. The van der Waals surface area contributed by atoms with Crippen molar-refractivity contribution in [3.63, 3.8) is 0 Å². The van der Waals surface area contributed by atoms with Gasteiger partial charge in [0.25, 0.3) is 0 Å². The van der Waals surface area contributed by atoms with Gasteiger partial charge in [-0.2, -0.15) is 0 Å². The zero-order valence-corrected chi connectivity index (χ0v) is 13.5. The van der Waals surface area contributed by atoms with Gasteiger partial charge in [0.05, 0.1) is 19.9 Å². The topological polar surface area (TPSA) is 63.4 Å². The average molecular weight is 322 g/mol. The van der Waals surface area contributed by atoms with Crippen LogP contribution < -0.4 is 14.8 Å². The van der Waals surface area contributed by atoms with Crippen molar-refractivity contribution in [2.24, 2.45) is 0 Å². The van der Waals surface area contributed by atoms with Crippen molar-refractivity contribution in [3.8, 4) is 11.5 Å². The Kier molecular flexibility index (Phi) is 4.52. The summed E-state index contributed by atoms with van der Waals surface area (Å²) in [4.78, 5) is 15.4. The first-order valence-electron chi connectivity index (χ1n) is 7.48. The molecule has 2 aromatic carbocycles. The quantitative estimate of drug-likeness (QED) is 0.702. The molecule has 3 rings (SSSR count). The number of aromatic nitrogens is 1. The van der Waals surface area contributed by atoms with Crippen LogP contribution in [-0.4, -0.2) is 25.1 Å². The van der Waals surface area contributed by atoms with Crippen molar-refractivity contribution in [1.29, 1.82) is 0 Å². The standard InChI is InChI=1S/C19H18N2O3/c1-23-14-8-9-18(24-2)17(11-14)21-19(22)10-7-13-12-20-16-6-4-3-5-15(13)16/h3-12,20H,1-2H3,(H,21,22)/b10-7+. The zero-order chi connectivity index (χ0) is 16.9. The lowest BCUT2D eigenvalue weighted by atomic mass is 10.1. The molecule has 122 valence electrons. The monoisotopic (exact) mass is 322 g/mol. The SMILES string of the molecule is COc1ccc(OC)c(NC(=O)/C=C/c2c[nH]c3ccccc23)c1. The van der Waals surface area contributed by atoms with Crippen molar-refractivity contribution in [2.45, 2.75) is 0 Å². The third-order valence-electron chi connectivity index (χ3n) is 3.70. The Bertz CT molecular complexity index is 897. The summed E-state index contributed by atoms with van der Waals surface area (Å²) in [7, 11) is 3.13. The van der Waals surface area contributed by atoms with Gasteiger partial charge in [0, 0.05) is 29.2 Å². The van der Waals surface area contributed by atoms with Crippen molar-refractivity contribution < 1.29 is 14.3 Å². The molecule has 0 fully saturated rings. The molecule has 3 aromatic rings. The second-order valence-corrected chi connectivity index (χ2v) is 5.18. The molecule has 0 aliphatic heterocycles. The lowest BCUT2D eigenvalue weighted by Gasteiger charge is -2.10. The minimum atomic E-state index is -0.244. The highest BCUT2D eigenvalue weighted by Gasteiger charge is 2.07. The molecule has 1 heterocycles. The third kappa shape index (κ3) is 3.25. The van der Waals surface area contributed by atoms with Crippen LogP contribution in [0.15, 0.2) is 54.7 Å². The number of benzene rings is 2. The second-order valence-electron chi connectivity index (χ2n) is 5.18. The van der Waals surface area contributed by atoms with Gasteiger partial charge in [-0.3, -0.25) is 4.79 Å². The highest BCUT2D eigenvalue weighted by Crippen LogP contribution is 2.29. The molecule has 0 aliphatic rings. The maximum absolute atomic E-state index is 12.2. The number of hydrogen-bond donors (Lipinski definition) is 2. The van der Waals surface area contributed by atoms with Gasteiger partial charge in [-0.05, 0) is 29.8 Å². The molecule has 5 heteroatoms. The van der Waals surface area contributed by atoms with Crippen LogP contribution in [0.3, 0.4) is 0 Å². The number of hydrogen-bond acceptors (Lipinski definition) is 3. The smallest absolute Gasteiger partial charge is 0.248 e. The fourth-order valence-corrected chi connectivity index (χ4v) is 2.48. The average Bonchev–Trinajstić information content (AvgIpc) is 3.03. The van der Waals surface area contributed by atoms with E-state index in [2.05, 4.69) is 10.3 Å². The summed E-state index contributed by atoms with van der Waals surface area (Å²) in [6.45, 7) is 0. The van der Waals surface area contributed by atoms with E-state index in [0.717, 1.165) is 16.5 Å². The first-order valence-corrected chi connectivity index (χ1v) is 7.48. The Balaban J connectivity index is 1.78. The number of amides is 1. The van der Waals surface area contributed by atoms with E-state index in [9.17, 15) is 4.79 Å². The molecule has 0 radical (unpaired) electrons. The molecule has 0 unspecified atom stereocenters. The summed E-state index contributed by atoms with van der Waals surface area (Å²) in [5.74, 6) is 0.975. The highest BCUT2D eigenvalue weighted by atomic mass is 16.5. The largest absolute Gasteiger partial charge is 0.497 e. The molecule has 2 N–H and O–H groups in total. The van der Waals surface area contributed by atoms with Gasteiger partial charge in [0.15, 0.2) is 0 Å². The maximum Gasteiger partial charge on any atom is 0.248 e. The predicted molar refractivity (Wildman–Crippen MR) is 95.5 cm³/mol. The molecule has 5 nitrogen and oxygen atoms in total. The number of methoxy groups -OCH3 is 2. The second kappa shape index (κ2) is 6.91. The summed E-state index contributed by atoms with van der Waals surface area (Å²) in [6, 6.07) is 13.2. The van der Waals surface area contributed by atoms with Gasteiger partial charge in [0.1, 0.15) is 11.5 Å². The Morgan fingerprint density at radius 1 is 1.12 bits per heavy atom. The molecule has 0 saturated carbocycles. The number of fused-ring (bicyclic) bond motifs is 1. The molecule has 0 aliphatic carbocycles. The van der Waals surface area contributed by atoms with Crippen LogP contribution in [-0.2, 0) is 4.79 Å². The fourth-order valence-electron chi connectivity index (χ4n) is 2.48. The fraction of sp³-hybridized carbons (Fsp3) is 0.105.